The molecule has 1 N–H and O–H groups in total. The number of carbonyl (C=O) groups is 1. The largest absolute Gasteiger partial charge is 0.484 e. The molecule has 3 nitrogen and oxygen atoms in total. The van der Waals surface area contributed by atoms with Crippen molar-refractivity contribution in [1.29, 1.82) is 0 Å². The Hall–Kier alpha value is -0.870. The summed E-state index contributed by atoms with van der Waals surface area (Å²) in [5.41, 5.74) is 1.88. The zero-order chi connectivity index (χ0) is 12.8. The second-order valence-electron chi connectivity index (χ2n) is 3.73. The second kappa shape index (κ2) is 6.77. The minimum absolute atomic E-state index is 0.00822. The normalized spacial score (nSPS) is 10.1. The van der Waals surface area contributed by atoms with E-state index in [1.807, 2.05) is 26.0 Å². The first-order valence-corrected chi connectivity index (χ1v) is 6.32. The summed E-state index contributed by atoms with van der Waals surface area (Å²) in [6, 6.07) is 3.64. The van der Waals surface area contributed by atoms with Crippen LogP contribution in [0.15, 0.2) is 12.1 Å². The lowest BCUT2D eigenvalue weighted by molar-refractivity contribution is -0.122. The Balaban J connectivity index is 2.55. The Morgan fingerprint density at radius 2 is 2.00 bits per heavy atom. The van der Waals surface area contributed by atoms with Crippen LogP contribution in [-0.4, -0.2) is 24.8 Å². The van der Waals surface area contributed by atoms with Crippen LogP contribution in [0.25, 0.3) is 0 Å². The molecule has 0 saturated heterocycles. The average Bonchev–Trinajstić information content (AvgIpc) is 2.30. The highest BCUT2D eigenvalue weighted by atomic mass is 35.5. The zero-order valence-electron chi connectivity index (χ0n) is 9.92. The first-order valence-electron chi connectivity index (χ1n) is 5.31. The first kappa shape index (κ1) is 14.2. The third-order valence-electron chi connectivity index (χ3n) is 2.21. The molecule has 0 unspecified atom stereocenters. The number of nitrogens with one attached hydrogen (secondary N) is 1. The number of hydrogen-bond donors (Lipinski definition) is 2. The Kier molecular flexibility index (Phi) is 5.65. The van der Waals surface area contributed by atoms with Gasteiger partial charge in [-0.25, -0.2) is 0 Å². The molecular formula is C12H16ClNO2S. The number of hydrogen-bond acceptors (Lipinski definition) is 3. The van der Waals surface area contributed by atoms with Gasteiger partial charge in [0.2, 0.25) is 0 Å². The predicted octanol–water partition coefficient (Wildman–Crippen LogP) is 2.38. The maximum Gasteiger partial charge on any atom is 0.257 e. The molecule has 1 rings (SSSR count). The number of amides is 1. The van der Waals surface area contributed by atoms with Crippen molar-refractivity contribution in [2.45, 2.75) is 13.8 Å². The third kappa shape index (κ3) is 4.48. The molecule has 0 aliphatic heterocycles. The second-order valence-corrected chi connectivity index (χ2v) is 4.56. The maximum absolute atomic E-state index is 11.3. The molecule has 1 amide bonds. The summed E-state index contributed by atoms with van der Waals surface area (Å²) in [5, 5.41) is 3.41. The van der Waals surface area contributed by atoms with E-state index in [0.717, 1.165) is 16.1 Å². The highest BCUT2D eigenvalue weighted by molar-refractivity contribution is 7.80. The summed E-state index contributed by atoms with van der Waals surface area (Å²) >= 11 is 10.0. The minimum atomic E-state index is -0.149. The fraction of sp³-hybridized carbons (Fsp3) is 0.417. The molecule has 0 atom stereocenters. The maximum atomic E-state index is 11.3. The topological polar surface area (TPSA) is 38.3 Å². The Labute approximate surface area is 112 Å². The van der Waals surface area contributed by atoms with Crippen LogP contribution in [0.5, 0.6) is 5.75 Å². The Morgan fingerprint density at radius 3 is 2.53 bits per heavy atom. The monoisotopic (exact) mass is 273 g/mol. The van der Waals surface area contributed by atoms with Gasteiger partial charge in [-0.2, -0.15) is 12.6 Å². The quantitative estimate of drug-likeness (QED) is 0.809. The van der Waals surface area contributed by atoms with Crippen LogP contribution in [0.1, 0.15) is 11.1 Å². The lowest BCUT2D eigenvalue weighted by atomic mass is 10.1. The Morgan fingerprint density at radius 1 is 1.41 bits per heavy atom. The van der Waals surface area contributed by atoms with Crippen LogP contribution in [0.2, 0.25) is 5.02 Å². The minimum Gasteiger partial charge on any atom is -0.484 e. The number of carbonyl (C=O) groups excluding carboxylic acids is 1. The number of ether oxygens (including phenoxy) is 1. The van der Waals surface area contributed by atoms with Gasteiger partial charge in [0.05, 0.1) is 0 Å². The number of thiol groups is 1. The van der Waals surface area contributed by atoms with Crippen LogP contribution in [0, 0.1) is 13.8 Å². The van der Waals surface area contributed by atoms with Gasteiger partial charge in [-0.3, -0.25) is 4.79 Å². The van der Waals surface area contributed by atoms with E-state index in [9.17, 15) is 4.79 Å². The molecule has 0 aliphatic rings. The van der Waals surface area contributed by atoms with Gasteiger partial charge in [-0.05, 0) is 37.1 Å². The van der Waals surface area contributed by atoms with E-state index in [0.29, 0.717) is 18.0 Å². The molecule has 0 saturated carbocycles. The highest BCUT2D eigenvalue weighted by Crippen LogP contribution is 2.25. The number of aryl methyl sites for hydroxylation is 2. The fourth-order valence-corrected chi connectivity index (χ4v) is 1.61. The molecular weight excluding hydrogens is 258 g/mol. The van der Waals surface area contributed by atoms with Gasteiger partial charge >= 0.3 is 0 Å². The van der Waals surface area contributed by atoms with E-state index in [1.165, 1.54) is 0 Å². The molecule has 0 radical (unpaired) electrons. The van der Waals surface area contributed by atoms with E-state index in [4.69, 9.17) is 16.3 Å². The molecule has 1 aromatic carbocycles. The van der Waals surface area contributed by atoms with Crippen LogP contribution >= 0.6 is 24.2 Å². The molecule has 1 aromatic rings. The number of rotatable bonds is 5. The van der Waals surface area contributed by atoms with Gasteiger partial charge in [-0.15, -0.1) is 0 Å². The van der Waals surface area contributed by atoms with Crippen LogP contribution in [0.4, 0.5) is 0 Å². The van der Waals surface area contributed by atoms with Crippen LogP contribution in [0.3, 0.4) is 0 Å². The number of halogens is 1. The van der Waals surface area contributed by atoms with Crippen LogP contribution in [-0.2, 0) is 4.79 Å². The van der Waals surface area contributed by atoms with Gasteiger partial charge in [0.1, 0.15) is 5.75 Å². The molecule has 5 heteroatoms. The van der Waals surface area contributed by atoms with E-state index >= 15 is 0 Å². The number of benzene rings is 1. The summed E-state index contributed by atoms with van der Waals surface area (Å²) in [5.74, 6) is 1.12. The standard InChI is InChI=1S/C12H16ClNO2S/c1-8-5-10(6-9(2)12(8)13)16-7-11(15)14-3-4-17/h5-6,17H,3-4,7H2,1-2H3,(H,14,15). The van der Waals surface area contributed by atoms with Gasteiger partial charge in [0.15, 0.2) is 6.61 Å². The van der Waals surface area contributed by atoms with E-state index < -0.39 is 0 Å². The van der Waals surface area contributed by atoms with Gasteiger partial charge < -0.3 is 10.1 Å². The third-order valence-corrected chi connectivity index (χ3v) is 3.03. The summed E-state index contributed by atoms with van der Waals surface area (Å²) in [4.78, 5) is 11.3. The van der Waals surface area contributed by atoms with Crippen molar-refractivity contribution in [2.75, 3.05) is 18.9 Å². The van der Waals surface area contributed by atoms with Crippen molar-refractivity contribution in [3.63, 3.8) is 0 Å². The van der Waals surface area contributed by atoms with E-state index in [2.05, 4.69) is 17.9 Å². The predicted molar refractivity (Wildman–Crippen MR) is 73.3 cm³/mol. The molecule has 0 bridgehead atoms. The van der Waals surface area contributed by atoms with Crippen molar-refractivity contribution in [2.24, 2.45) is 0 Å². The van der Waals surface area contributed by atoms with Crippen molar-refractivity contribution in [3.8, 4) is 5.75 Å². The smallest absolute Gasteiger partial charge is 0.257 e. The van der Waals surface area contributed by atoms with Gasteiger partial charge in [0, 0.05) is 17.3 Å². The van der Waals surface area contributed by atoms with E-state index in [-0.39, 0.29) is 12.5 Å². The van der Waals surface area contributed by atoms with Crippen molar-refractivity contribution >= 4 is 30.1 Å². The lowest BCUT2D eigenvalue weighted by Crippen LogP contribution is -2.30. The molecule has 17 heavy (non-hydrogen) atoms. The molecule has 0 heterocycles. The highest BCUT2D eigenvalue weighted by Gasteiger charge is 2.05. The zero-order valence-corrected chi connectivity index (χ0v) is 11.6. The molecule has 0 spiro atoms. The SMILES string of the molecule is Cc1cc(OCC(=O)NCCS)cc(C)c1Cl. The Bertz CT molecular complexity index is 386. The lowest BCUT2D eigenvalue weighted by Gasteiger charge is -2.09. The summed E-state index contributed by atoms with van der Waals surface area (Å²) in [6.45, 7) is 4.37. The first-order chi connectivity index (χ1) is 8.04. The van der Waals surface area contributed by atoms with Crippen molar-refractivity contribution in [1.82, 2.24) is 5.32 Å². The summed E-state index contributed by atoms with van der Waals surface area (Å²) in [6.07, 6.45) is 0. The summed E-state index contributed by atoms with van der Waals surface area (Å²) in [7, 11) is 0. The van der Waals surface area contributed by atoms with Crippen LogP contribution < -0.4 is 10.1 Å². The molecule has 0 aliphatic carbocycles. The molecule has 0 aromatic heterocycles. The average molecular weight is 274 g/mol. The van der Waals surface area contributed by atoms with E-state index in [1.54, 1.807) is 0 Å². The van der Waals surface area contributed by atoms with Crippen molar-refractivity contribution in [3.05, 3.63) is 28.3 Å². The van der Waals surface area contributed by atoms with Gasteiger partial charge in [-0.1, -0.05) is 11.6 Å². The fourth-order valence-electron chi connectivity index (χ4n) is 1.38. The van der Waals surface area contributed by atoms with Gasteiger partial charge in [0.25, 0.3) is 5.91 Å². The van der Waals surface area contributed by atoms with Crippen molar-refractivity contribution < 1.29 is 9.53 Å². The molecule has 94 valence electrons. The summed E-state index contributed by atoms with van der Waals surface area (Å²) < 4.78 is 5.39. The molecule has 0 fully saturated rings.